The first-order chi connectivity index (χ1) is 15.7. The van der Waals surface area contributed by atoms with Gasteiger partial charge in [0, 0.05) is 24.0 Å². The molecule has 0 radical (unpaired) electrons. The first kappa shape index (κ1) is 20.1. The number of pyridine rings is 1. The Kier molecular flexibility index (Phi) is 5.46. The summed E-state index contributed by atoms with van der Waals surface area (Å²) in [5, 5.41) is 12.9. The minimum atomic E-state index is -0.516. The van der Waals surface area contributed by atoms with E-state index in [1.165, 1.54) is 0 Å². The Balaban J connectivity index is 1.43. The van der Waals surface area contributed by atoms with Crippen molar-refractivity contribution in [3.63, 3.8) is 0 Å². The van der Waals surface area contributed by atoms with Gasteiger partial charge in [-0.15, -0.1) is 0 Å². The van der Waals surface area contributed by atoms with Crippen molar-refractivity contribution in [1.82, 2.24) is 24.8 Å². The first-order valence-corrected chi connectivity index (χ1v) is 10.9. The smallest absolute Gasteiger partial charge is 0.410 e. The lowest BCUT2D eigenvalue weighted by Crippen LogP contribution is -2.29. The van der Waals surface area contributed by atoms with Crippen LogP contribution in [-0.2, 0) is 6.54 Å². The number of fused-ring (bicyclic) bond motifs is 3. The van der Waals surface area contributed by atoms with Gasteiger partial charge in [-0.3, -0.25) is 0 Å². The van der Waals surface area contributed by atoms with E-state index in [1.807, 2.05) is 30.5 Å². The summed E-state index contributed by atoms with van der Waals surface area (Å²) in [6, 6.07) is 13.6. The number of nitrogens with zero attached hydrogens (tertiary/aromatic N) is 4. The second kappa shape index (κ2) is 8.71. The molecule has 1 aliphatic carbocycles. The molecule has 0 atom stereocenters. The van der Waals surface area contributed by atoms with Crippen LogP contribution in [0.3, 0.4) is 0 Å². The number of carbonyl (C=O) groups is 1. The molecule has 1 aromatic carbocycles. The summed E-state index contributed by atoms with van der Waals surface area (Å²) in [6.45, 7) is 0.254. The van der Waals surface area contributed by atoms with Crippen molar-refractivity contribution >= 4 is 28.2 Å². The lowest BCUT2D eigenvalue weighted by atomic mass is 9.84. The van der Waals surface area contributed by atoms with E-state index < -0.39 is 6.09 Å². The Morgan fingerprint density at radius 3 is 2.81 bits per heavy atom. The third kappa shape index (κ3) is 3.89. The number of rotatable bonds is 5. The van der Waals surface area contributed by atoms with Gasteiger partial charge in [0.1, 0.15) is 22.7 Å². The van der Waals surface area contributed by atoms with Gasteiger partial charge in [0.05, 0.1) is 24.3 Å². The van der Waals surface area contributed by atoms with Gasteiger partial charge in [0.25, 0.3) is 0 Å². The molecule has 162 valence electrons. The van der Waals surface area contributed by atoms with Crippen LogP contribution in [0.25, 0.3) is 22.1 Å². The number of H-pyrrole nitrogens is 1. The average Bonchev–Trinajstić information content (AvgIpc) is 3.43. The number of hydrogen-bond donors (Lipinski definition) is 2. The van der Waals surface area contributed by atoms with Gasteiger partial charge in [-0.1, -0.05) is 18.2 Å². The molecule has 8 nitrogen and oxygen atoms in total. The summed E-state index contributed by atoms with van der Waals surface area (Å²) in [5.74, 6) is 1.74. The highest BCUT2D eigenvalue weighted by Gasteiger charge is 2.27. The highest BCUT2D eigenvalue weighted by atomic mass is 16.6. The second-order valence-corrected chi connectivity index (χ2v) is 8.22. The number of carbonyl (C=O) groups excluding carboxylic acids is 1. The molecule has 5 rings (SSSR count). The first-order valence-electron chi connectivity index (χ1n) is 10.9. The number of amides is 1. The van der Waals surface area contributed by atoms with Gasteiger partial charge < -0.3 is 19.6 Å². The van der Waals surface area contributed by atoms with Gasteiger partial charge in [-0.05, 0) is 49.8 Å². The monoisotopic (exact) mass is 428 g/mol. The highest BCUT2D eigenvalue weighted by Crippen LogP contribution is 2.37. The van der Waals surface area contributed by atoms with Gasteiger partial charge >= 0.3 is 6.09 Å². The van der Waals surface area contributed by atoms with E-state index in [0.29, 0.717) is 18.1 Å². The molecular weight excluding hydrogens is 404 g/mol. The highest BCUT2D eigenvalue weighted by molar-refractivity contribution is 6.01. The van der Waals surface area contributed by atoms with E-state index in [9.17, 15) is 4.79 Å². The summed E-state index contributed by atoms with van der Waals surface area (Å²) in [7, 11) is 0. The third-order valence-electron chi connectivity index (χ3n) is 6.21. The van der Waals surface area contributed by atoms with Crippen LogP contribution in [0.1, 0.15) is 44.0 Å². The van der Waals surface area contributed by atoms with Gasteiger partial charge in [-0.2, -0.15) is 5.26 Å². The fourth-order valence-electron chi connectivity index (χ4n) is 4.68. The molecule has 1 saturated carbocycles. The number of para-hydroxylation sites is 1. The maximum Gasteiger partial charge on any atom is 0.412 e. The Bertz CT molecular complexity index is 1280. The minimum Gasteiger partial charge on any atom is -0.410 e. The van der Waals surface area contributed by atoms with Crippen LogP contribution in [0.15, 0.2) is 48.8 Å². The summed E-state index contributed by atoms with van der Waals surface area (Å²) in [5.41, 5.74) is 2.66. The molecule has 0 unspecified atom stereocenters. The van der Waals surface area contributed by atoms with Crippen molar-refractivity contribution in [1.29, 1.82) is 5.26 Å². The number of nitriles is 1. The SMILES string of the molecule is N#CC[C@H]1CC[C@H](n2c(CNC(=O)Oc3ccccc3)nc3cnc4[nH]ccc4c32)CC1. The predicted octanol–water partition coefficient (Wildman–Crippen LogP) is 4.85. The molecule has 0 saturated heterocycles. The molecule has 1 amide bonds. The fourth-order valence-corrected chi connectivity index (χ4v) is 4.68. The zero-order valence-electron chi connectivity index (χ0n) is 17.6. The largest absolute Gasteiger partial charge is 0.412 e. The van der Waals surface area contributed by atoms with E-state index in [4.69, 9.17) is 15.0 Å². The summed E-state index contributed by atoms with van der Waals surface area (Å²) in [4.78, 5) is 24.8. The minimum absolute atomic E-state index is 0.254. The van der Waals surface area contributed by atoms with Crippen LogP contribution in [0.2, 0.25) is 0 Å². The molecule has 1 aliphatic rings. The predicted molar refractivity (Wildman–Crippen MR) is 120 cm³/mol. The zero-order valence-corrected chi connectivity index (χ0v) is 17.6. The molecule has 0 spiro atoms. The van der Waals surface area contributed by atoms with Crippen molar-refractivity contribution in [2.24, 2.45) is 5.92 Å². The zero-order chi connectivity index (χ0) is 21.9. The standard InChI is InChI=1S/C24H24N6O2/c25-12-10-16-6-8-17(9-7-16)30-21(15-28-24(31)32-18-4-2-1-3-5-18)29-20-14-27-23-19(22(20)30)11-13-26-23/h1-5,11,13-14,16-17H,6-10,15H2,(H,26,27)(H,28,31)/t16-,17-. The number of nitrogens with one attached hydrogen (secondary N) is 2. The van der Waals surface area contributed by atoms with Crippen molar-refractivity contribution in [2.45, 2.75) is 44.7 Å². The Morgan fingerprint density at radius 1 is 1.22 bits per heavy atom. The molecule has 3 aromatic heterocycles. The quantitative estimate of drug-likeness (QED) is 0.472. The number of benzene rings is 1. The van der Waals surface area contributed by atoms with Gasteiger partial charge in [0.2, 0.25) is 0 Å². The van der Waals surface area contributed by atoms with E-state index in [1.54, 1.807) is 18.3 Å². The van der Waals surface area contributed by atoms with Crippen molar-refractivity contribution in [3.8, 4) is 11.8 Å². The third-order valence-corrected chi connectivity index (χ3v) is 6.21. The van der Waals surface area contributed by atoms with Crippen molar-refractivity contribution in [2.75, 3.05) is 0 Å². The maximum atomic E-state index is 12.4. The summed E-state index contributed by atoms with van der Waals surface area (Å²) < 4.78 is 7.62. The van der Waals surface area contributed by atoms with Crippen LogP contribution in [0, 0.1) is 17.2 Å². The number of aromatic amines is 1. The molecule has 2 N–H and O–H groups in total. The molecule has 0 bridgehead atoms. The normalized spacial score (nSPS) is 18.5. The summed E-state index contributed by atoms with van der Waals surface area (Å²) in [6.07, 6.45) is 7.75. The van der Waals surface area contributed by atoms with Crippen LogP contribution in [-0.4, -0.2) is 25.6 Å². The van der Waals surface area contributed by atoms with Crippen LogP contribution in [0.5, 0.6) is 5.75 Å². The molecule has 32 heavy (non-hydrogen) atoms. The molecule has 3 heterocycles. The van der Waals surface area contributed by atoms with Crippen LogP contribution in [0.4, 0.5) is 4.79 Å². The summed E-state index contributed by atoms with van der Waals surface area (Å²) >= 11 is 0. The number of ether oxygens (including phenoxy) is 1. The Morgan fingerprint density at radius 2 is 2.03 bits per heavy atom. The van der Waals surface area contributed by atoms with E-state index in [0.717, 1.165) is 53.6 Å². The van der Waals surface area contributed by atoms with Crippen LogP contribution < -0.4 is 10.1 Å². The maximum absolute atomic E-state index is 12.4. The number of aromatic nitrogens is 4. The topological polar surface area (TPSA) is 109 Å². The van der Waals surface area contributed by atoms with E-state index >= 15 is 0 Å². The average molecular weight is 428 g/mol. The lowest BCUT2D eigenvalue weighted by molar-refractivity contribution is 0.199. The molecular formula is C24H24N6O2. The molecule has 1 fully saturated rings. The number of hydrogen-bond acceptors (Lipinski definition) is 5. The van der Waals surface area contributed by atoms with E-state index in [-0.39, 0.29) is 12.6 Å². The molecule has 8 heteroatoms. The van der Waals surface area contributed by atoms with Crippen molar-refractivity contribution in [3.05, 3.63) is 54.6 Å². The fraction of sp³-hybridized carbons (Fsp3) is 0.333. The molecule has 0 aliphatic heterocycles. The van der Waals surface area contributed by atoms with E-state index in [2.05, 4.69) is 25.9 Å². The van der Waals surface area contributed by atoms with Crippen molar-refractivity contribution < 1.29 is 9.53 Å². The van der Waals surface area contributed by atoms with Gasteiger partial charge in [0.15, 0.2) is 0 Å². The lowest BCUT2D eigenvalue weighted by Gasteiger charge is -2.30. The Labute approximate surface area is 185 Å². The Hall–Kier alpha value is -3.86. The molecule has 4 aromatic rings. The van der Waals surface area contributed by atoms with Crippen LogP contribution >= 0.6 is 0 Å². The number of imidazole rings is 1. The van der Waals surface area contributed by atoms with Gasteiger partial charge in [-0.25, -0.2) is 14.8 Å². The second-order valence-electron chi connectivity index (χ2n) is 8.22.